The van der Waals surface area contributed by atoms with Gasteiger partial charge in [0.25, 0.3) is 11.8 Å². The topological polar surface area (TPSA) is 79.0 Å². The summed E-state index contributed by atoms with van der Waals surface area (Å²) in [5.74, 6) is -1.47. The number of rotatable bonds is 5. The smallest absolute Gasteiger partial charge is 0.312 e. The summed E-state index contributed by atoms with van der Waals surface area (Å²) in [5, 5.41) is 6.64. The number of ether oxygens (including phenoxy) is 1. The first-order chi connectivity index (χ1) is 17.8. The van der Waals surface area contributed by atoms with Crippen molar-refractivity contribution in [2.45, 2.75) is 38.9 Å². The van der Waals surface area contributed by atoms with E-state index in [1.807, 2.05) is 62.2 Å². The van der Waals surface area contributed by atoms with Crippen molar-refractivity contribution >= 4 is 17.8 Å². The van der Waals surface area contributed by atoms with Crippen LogP contribution in [-0.4, -0.2) is 47.5 Å². The maximum Gasteiger partial charge on any atom is 0.312 e. The Kier molecular flexibility index (Phi) is 6.56. The number of hydrogen-bond acceptors (Lipinski definition) is 5. The molecule has 190 valence electrons. The van der Waals surface area contributed by atoms with E-state index in [0.29, 0.717) is 5.56 Å². The van der Waals surface area contributed by atoms with E-state index in [1.165, 1.54) is 7.11 Å². The van der Waals surface area contributed by atoms with Gasteiger partial charge >= 0.3 is 5.97 Å². The Hall–Kier alpha value is -3.97. The largest absolute Gasteiger partial charge is 0.469 e. The lowest BCUT2D eigenvalue weighted by atomic mass is 9.85. The van der Waals surface area contributed by atoms with Gasteiger partial charge in [-0.2, -0.15) is 0 Å². The Morgan fingerprint density at radius 3 is 2.08 bits per heavy atom. The van der Waals surface area contributed by atoms with Crippen LogP contribution in [0.15, 0.2) is 72.8 Å². The summed E-state index contributed by atoms with van der Waals surface area (Å²) in [5.41, 5.74) is 5.61. The fourth-order valence-corrected chi connectivity index (χ4v) is 5.99. The van der Waals surface area contributed by atoms with E-state index in [2.05, 4.69) is 17.4 Å². The molecule has 2 fully saturated rings. The number of fused-ring (bicyclic) bond motifs is 1. The molecular weight excluding hydrogens is 466 g/mol. The number of esters is 1. The van der Waals surface area contributed by atoms with Gasteiger partial charge in [0.05, 0.1) is 31.7 Å². The lowest BCUT2D eigenvalue weighted by Gasteiger charge is -2.34. The van der Waals surface area contributed by atoms with Gasteiger partial charge in [-0.25, -0.2) is 5.01 Å². The van der Waals surface area contributed by atoms with E-state index in [4.69, 9.17) is 4.74 Å². The van der Waals surface area contributed by atoms with E-state index in [0.717, 1.165) is 27.8 Å². The highest BCUT2D eigenvalue weighted by Gasteiger charge is 2.59. The summed E-state index contributed by atoms with van der Waals surface area (Å²) in [6, 6.07) is 21.0. The predicted octanol–water partition coefficient (Wildman–Crippen LogP) is 4.05. The summed E-state index contributed by atoms with van der Waals surface area (Å²) in [7, 11) is 1.38. The number of carbonyl (C=O) groups excluding carboxylic acids is 3. The van der Waals surface area contributed by atoms with Gasteiger partial charge in [0.1, 0.15) is 6.04 Å². The molecule has 0 unspecified atom stereocenters. The Bertz CT molecular complexity index is 1320. The van der Waals surface area contributed by atoms with Gasteiger partial charge in [0, 0.05) is 5.56 Å². The third-order valence-corrected chi connectivity index (χ3v) is 7.44. The fourth-order valence-electron chi connectivity index (χ4n) is 5.99. The molecule has 3 aromatic rings. The molecule has 2 aliphatic rings. The molecular formula is C30H31N3O4. The summed E-state index contributed by atoms with van der Waals surface area (Å²) in [6.45, 7) is 6.31. The highest BCUT2D eigenvalue weighted by Crippen LogP contribution is 2.50. The Morgan fingerprint density at radius 2 is 1.49 bits per heavy atom. The monoisotopic (exact) mass is 497 g/mol. The Morgan fingerprint density at radius 1 is 0.892 bits per heavy atom. The molecule has 0 aliphatic carbocycles. The van der Waals surface area contributed by atoms with E-state index >= 15 is 0 Å². The molecule has 5 rings (SSSR count). The Labute approximate surface area is 217 Å². The second-order valence-corrected chi connectivity index (χ2v) is 9.86. The van der Waals surface area contributed by atoms with E-state index in [9.17, 15) is 14.4 Å². The van der Waals surface area contributed by atoms with Gasteiger partial charge in [-0.15, -0.1) is 0 Å². The minimum atomic E-state index is -0.817. The van der Waals surface area contributed by atoms with E-state index in [-0.39, 0.29) is 24.3 Å². The lowest BCUT2D eigenvalue weighted by Crippen LogP contribution is -2.45. The maximum atomic E-state index is 13.9. The first-order valence-corrected chi connectivity index (χ1v) is 12.5. The zero-order chi connectivity index (χ0) is 26.3. The highest BCUT2D eigenvalue weighted by atomic mass is 16.5. The number of hydrazine groups is 1. The molecule has 2 aliphatic heterocycles. The molecule has 7 nitrogen and oxygen atoms in total. The number of methoxy groups -OCH3 is 1. The van der Waals surface area contributed by atoms with Crippen LogP contribution in [0, 0.1) is 26.7 Å². The summed E-state index contributed by atoms with van der Waals surface area (Å²) in [4.78, 5) is 40.2. The van der Waals surface area contributed by atoms with Gasteiger partial charge in [-0.3, -0.25) is 19.4 Å². The van der Waals surface area contributed by atoms with Crippen LogP contribution < -0.4 is 5.32 Å². The van der Waals surface area contributed by atoms with Crippen molar-refractivity contribution < 1.29 is 19.1 Å². The van der Waals surface area contributed by atoms with Gasteiger partial charge < -0.3 is 10.1 Å². The molecule has 0 saturated carbocycles. The lowest BCUT2D eigenvalue weighted by molar-refractivity contribution is -0.146. The molecule has 0 radical (unpaired) electrons. The zero-order valence-electron chi connectivity index (χ0n) is 21.5. The third-order valence-electron chi connectivity index (χ3n) is 7.44. The number of carbonyl (C=O) groups is 3. The number of aryl methyl sites for hydroxylation is 3. The van der Waals surface area contributed by atoms with Gasteiger partial charge in [-0.05, 0) is 55.2 Å². The second kappa shape index (κ2) is 9.82. The van der Waals surface area contributed by atoms with Gasteiger partial charge in [-0.1, -0.05) is 66.2 Å². The standard InChI is InChI=1S/C30H31N3O4/c1-18-15-19(2)24(20(3)16-18)27-23(30(36)37-4)17-32-29(35)25(31-28(34)22-13-9-6-10-14-22)26(33(27)32)21-11-7-5-8-12-21/h5-16,23,25-27H,17H2,1-4H3,(H,31,34)/t23-,25-,26-,27-/m1/s1. The summed E-state index contributed by atoms with van der Waals surface area (Å²) >= 11 is 0. The molecule has 2 saturated heterocycles. The number of amides is 2. The number of hydrogen-bond donors (Lipinski definition) is 1. The zero-order valence-corrected chi connectivity index (χ0v) is 21.5. The minimum Gasteiger partial charge on any atom is -0.469 e. The van der Waals surface area contributed by atoms with Crippen LogP contribution in [0.3, 0.4) is 0 Å². The highest BCUT2D eigenvalue weighted by molar-refractivity contribution is 5.98. The molecule has 0 aromatic heterocycles. The van der Waals surface area contributed by atoms with Gasteiger partial charge in [0.2, 0.25) is 0 Å². The van der Waals surface area contributed by atoms with Crippen molar-refractivity contribution in [2.24, 2.45) is 5.92 Å². The van der Waals surface area contributed by atoms with Crippen molar-refractivity contribution in [3.8, 4) is 0 Å². The normalized spacial score (nSPS) is 23.1. The molecule has 1 N–H and O–H groups in total. The maximum absolute atomic E-state index is 13.9. The minimum absolute atomic E-state index is 0.184. The van der Waals surface area contributed by atoms with Crippen LogP contribution in [0.1, 0.15) is 50.3 Å². The molecule has 0 spiro atoms. The Balaban J connectivity index is 1.64. The van der Waals surface area contributed by atoms with Gasteiger partial charge in [0.15, 0.2) is 0 Å². The number of benzene rings is 3. The first-order valence-electron chi connectivity index (χ1n) is 12.5. The molecule has 3 aromatic carbocycles. The van der Waals surface area contributed by atoms with Crippen molar-refractivity contribution in [2.75, 3.05) is 13.7 Å². The number of nitrogens with zero attached hydrogens (tertiary/aromatic N) is 2. The van der Waals surface area contributed by atoms with Crippen LogP contribution >= 0.6 is 0 Å². The second-order valence-electron chi connectivity index (χ2n) is 9.86. The average molecular weight is 498 g/mol. The molecule has 2 amide bonds. The quantitative estimate of drug-likeness (QED) is 0.538. The summed E-state index contributed by atoms with van der Waals surface area (Å²) in [6.07, 6.45) is 0. The molecule has 37 heavy (non-hydrogen) atoms. The van der Waals surface area contributed by atoms with Crippen molar-refractivity contribution in [3.05, 3.63) is 106 Å². The van der Waals surface area contributed by atoms with Crippen molar-refractivity contribution in [3.63, 3.8) is 0 Å². The molecule has 2 heterocycles. The van der Waals surface area contributed by atoms with Crippen molar-refractivity contribution in [1.29, 1.82) is 0 Å². The first kappa shape index (κ1) is 24.7. The summed E-state index contributed by atoms with van der Waals surface area (Å²) < 4.78 is 5.21. The predicted molar refractivity (Wildman–Crippen MR) is 139 cm³/mol. The number of nitrogens with one attached hydrogen (secondary N) is 1. The van der Waals surface area contributed by atoms with Crippen LogP contribution in [0.5, 0.6) is 0 Å². The van der Waals surface area contributed by atoms with Crippen LogP contribution in [0.2, 0.25) is 0 Å². The van der Waals surface area contributed by atoms with Crippen molar-refractivity contribution in [1.82, 2.24) is 15.3 Å². The van der Waals surface area contributed by atoms with Crippen LogP contribution in [0.4, 0.5) is 0 Å². The van der Waals surface area contributed by atoms with E-state index in [1.54, 1.807) is 29.3 Å². The average Bonchev–Trinajstić information content (AvgIpc) is 3.39. The van der Waals surface area contributed by atoms with Crippen LogP contribution in [-0.2, 0) is 14.3 Å². The van der Waals surface area contributed by atoms with E-state index < -0.39 is 24.0 Å². The fraction of sp³-hybridized carbons (Fsp3) is 0.300. The third kappa shape index (κ3) is 4.29. The van der Waals surface area contributed by atoms with Crippen LogP contribution in [0.25, 0.3) is 0 Å². The molecule has 7 heteroatoms. The molecule has 4 atom stereocenters. The SMILES string of the molecule is COC(=O)[C@@H]1CN2C(=O)[C@H](NC(=O)c3ccccc3)[C@@H](c3ccccc3)N2[C@H]1c1c(C)cc(C)cc1C. The molecule has 0 bridgehead atoms.